The van der Waals surface area contributed by atoms with Crippen LogP contribution in [0, 0.1) is 5.92 Å². The minimum absolute atomic E-state index is 0.145. The maximum absolute atomic E-state index is 5.81. The van der Waals surface area contributed by atoms with E-state index in [0.29, 0.717) is 24.2 Å². The van der Waals surface area contributed by atoms with Gasteiger partial charge in [0.05, 0.1) is 5.92 Å². The van der Waals surface area contributed by atoms with Crippen LogP contribution in [0.25, 0.3) is 11.4 Å². The number of rotatable bonds is 6. The molecule has 0 saturated carbocycles. The Hall–Kier alpha value is -1.68. The van der Waals surface area contributed by atoms with Crippen LogP contribution >= 0.6 is 0 Å². The van der Waals surface area contributed by atoms with Crippen molar-refractivity contribution in [1.29, 1.82) is 0 Å². The molecule has 108 valence electrons. The predicted molar refractivity (Wildman–Crippen MR) is 80.4 cm³/mol. The van der Waals surface area contributed by atoms with E-state index in [-0.39, 0.29) is 5.92 Å². The molecule has 0 aliphatic carbocycles. The van der Waals surface area contributed by atoms with E-state index in [1.54, 1.807) is 0 Å². The van der Waals surface area contributed by atoms with E-state index in [4.69, 9.17) is 10.3 Å². The average Bonchev–Trinajstić information content (AvgIpc) is 2.94. The van der Waals surface area contributed by atoms with Crippen molar-refractivity contribution in [1.82, 2.24) is 10.1 Å². The second-order valence-electron chi connectivity index (χ2n) is 5.57. The van der Waals surface area contributed by atoms with E-state index in [1.807, 2.05) is 12.1 Å². The molecule has 0 saturated heterocycles. The van der Waals surface area contributed by atoms with Gasteiger partial charge in [-0.1, -0.05) is 50.2 Å². The lowest BCUT2D eigenvalue weighted by Crippen LogP contribution is -2.15. The number of aryl methyl sites for hydroxylation is 1. The Morgan fingerprint density at radius 3 is 2.45 bits per heavy atom. The zero-order valence-corrected chi connectivity index (χ0v) is 12.5. The molecule has 1 heterocycles. The van der Waals surface area contributed by atoms with Crippen LogP contribution in [-0.4, -0.2) is 16.7 Å². The summed E-state index contributed by atoms with van der Waals surface area (Å²) in [6, 6.07) is 8.26. The molecule has 1 aromatic carbocycles. The van der Waals surface area contributed by atoms with Crippen LogP contribution in [0.1, 0.15) is 44.6 Å². The molecule has 0 spiro atoms. The Morgan fingerprint density at radius 2 is 1.90 bits per heavy atom. The highest BCUT2D eigenvalue weighted by atomic mass is 16.5. The average molecular weight is 273 g/mol. The minimum Gasteiger partial charge on any atom is -0.339 e. The van der Waals surface area contributed by atoms with Crippen LogP contribution in [0.5, 0.6) is 0 Å². The van der Waals surface area contributed by atoms with E-state index in [2.05, 4.69) is 43.0 Å². The number of benzene rings is 1. The van der Waals surface area contributed by atoms with Gasteiger partial charge in [0.25, 0.3) is 0 Å². The third kappa shape index (κ3) is 3.45. The molecule has 2 aromatic rings. The quantitative estimate of drug-likeness (QED) is 0.876. The van der Waals surface area contributed by atoms with Gasteiger partial charge in [0, 0.05) is 12.1 Å². The zero-order valence-electron chi connectivity index (χ0n) is 12.5. The molecule has 2 rings (SSSR count). The number of nitrogens with zero attached hydrogens (tertiary/aromatic N) is 2. The summed E-state index contributed by atoms with van der Waals surface area (Å²) in [5.74, 6) is 1.99. The molecule has 4 heteroatoms. The third-order valence-corrected chi connectivity index (χ3v) is 3.45. The molecule has 0 aliphatic heterocycles. The lowest BCUT2D eigenvalue weighted by Gasteiger charge is -2.11. The van der Waals surface area contributed by atoms with Crippen LogP contribution in [0.4, 0.5) is 0 Å². The number of aromatic nitrogens is 2. The van der Waals surface area contributed by atoms with E-state index in [1.165, 1.54) is 5.56 Å². The molecule has 0 bridgehead atoms. The van der Waals surface area contributed by atoms with Gasteiger partial charge in [0.15, 0.2) is 0 Å². The van der Waals surface area contributed by atoms with Crippen molar-refractivity contribution in [3.63, 3.8) is 0 Å². The lowest BCUT2D eigenvalue weighted by atomic mass is 9.97. The Morgan fingerprint density at radius 1 is 1.20 bits per heavy atom. The Bertz CT molecular complexity index is 531. The summed E-state index contributed by atoms with van der Waals surface area (Å²) < 4.78 is 5.39. The number of nitrogens with two attached hydrogens (primary N) is 1. The van der Waals surface area contributed by atoms with Gasteiger partial charge in [-0.2, -0.15) is 4.98 Å². The SMILES string of the molecule is CCc1ccc(-c2noc(C(CN)CC(C)C)n2)cc1. The van der Waals surface area contributed by atoms with E-state index >= 15 is 0 Å². The van der Waals surface area contributed by atoms with Gasteiger partial charge in [-0.15, -0.1) is 0 Å². The lowest BCUT2D eigenvalue weighted by molar-refractivity contribution is 0.335. The van der Waals surface area contributed by atoms with E-state index in [9.17, 15) is 0 Å². The molecule has 1 atom stereocenters. The highest BCUT2D eigenvalue weighted by Crippen LogP contribution is 2.24. The first-order chi connectivity index (χ1) is 9.63. The fraction of sp³-hybridized carbons (Fsp3) is 0.500. The normalized spacial score (nSPS) is 12.8. The van der Waals surface area contributed by atoms with Crippen molar-refractivity contribution in [2.45, 2.75) is 39.5 Å². The standard InChI is InChI=1S/C16H23N3O/c1-4-12-5-7-13(8-6-12)15-18-16(20-19-15)14(10-17)9-11(2)3/h5-8,11,14H,4,9-10,17H2,1-3H3. The third-order valence-electron chi connectivity index (χ3n) is 3.45. The molecule has 0 amide bonds. The molecule has 2 N–H and O–H groups in total. The predicted octanol–water partition coefficient (Wildman–Crippen LogP) is 3.39. The topological polar surface area (TPSA) is 64.9 Å². The molecule has 0 radical (unpaired) electrons. The summed E-state index contributed by atoms with van der Waals surface area (Å²) >= 11 is 0. The molecular weight excluding hydrogens is 250 g/mol. The second-order valence-corrected chi connectivity index (χ2v) is 5.57. The van der Waals surface area contributed by atoms with Crippen molar-refractivity contribution in [3.8, 4) is 11.4 Å². The first kappa shape index (κ1) is 14.7. The van der Waals surface area contributed by atoms with Crippen LogP contribution in [-0.2, 0) is 6.42 Å². The van der Waals surface area contributed by atoms with Gasteiger partial charge in [-0.25, -0.2) is 0 Å². The van der Waals surface area contributed by atoms with Gasteiger partial charge in [0.1, 0.15) is 0 Å². The number of hydrogen-bond donors (Lipinski definition) is 1. The Labute approximate surface area is 120 Å². The van der Waals surface area contributed by atoms with Gasteiger partial charge >= 0.3 is 0 Å². The largest absolute Gasteiger partial charge is 0.339 e. The second kappa shape index (κ2) is 6.66. The summed E-state index contributed by atoms with van der Waals surface area (Å²) in [5.41, 5.74) is 8.10. The molecule has 0 aliphatic rings. The summed E-state index contributed by atoms with van der Waals surface area (Å²) in [6.45, 7) is 7.01. The Kier molecular flexibility index (Phi) is 4.90. The van der Waals surface area contributed by atoms with Crippen molar-refractivity contribution in [2.75, 3.05) is 6.54 Å². The highest BCUT2D eigenvalue weighted by molar-refractivity contribution is 5.54. The minimum atomic E-state index is 0.145. The first-order valence-electron chi connectivity index (χ1n) is 7.27. The molecule has 1 unspecified atom stereocenters. The molecule has 0 fully saturated rings. The van der Waals surface area contributed by atoms with Crippen molar-refractivity contribution in [2.24, 2.45) is 11.7 Å². The van der Waals surface area contributed by atoms with Gasteiger partial charge < -0.3 is 10.3 Å². The van der Waals surface area contributed by atoms with Gasteiger partial charge in [0.2, 0.25) is 11.7 Å². The summed E-state index contributed by atoms with van der Waals surface area (Å²) in [4.78, 5) is 4.50. The van der Waals surface area contributed by atoms with Crippen LogP contribution in [0.2, 0.25) is 0 Å². The van der Waals surface area contributed by atoms with E-state index < -0.39 is 0 Å². The van der Waals surface area contributed by atoms with Gasteiger partial charge in [-0.05, 0) is 24.3 Å². The molecule has 20 heavy (non-hydrogen) atoms. The fourth-order valence-electron chi connectivity index (χ4n) is 2.27. The molecule has 4 nitrogen and oxygen atoms in total. The summed E-state index contributed by atoms with van der Waals surface area (Å²) in [7, 11) is 0. The summed E-state index contributed by atoms with van der Waals surface area (Å²) in [6.07, 6.45) is 1.99. The van der Waals surface area contributed by atoms with Crippen LogP contribution in [0.3, 0.4) is 0 Å². The van der Waals surface area contributed by atoms with Crippen molar-refractivity contribution in [3.05, 3.63) is 35.7 Å². The van der Waals surface area contributed by atoms with E-state index in [0.717, 1.165) is 18.4 Å². The van der Waals surface area contributed by atoms with Crippen molar-refractivity contribution >= 4 is 0 Å². The van der Waals surface area contributed by atoms with Gasteiger partial charge in [-0.3, -0.25) is 0 Å². The maximum Gasteiger partial charge on any atom is 0.231 e. The van der Waals surface area contributed by atoms with Crippen LogP contribution in [0.15, 0.2) is 28.8 Å². The van der Waals surface area contributed by atoms with Crippen LogP contribution < -0.4 is 5.73 Å². The van der Waals surface area contributed by atoms with Crippen molar-refractivity contribution < 1.29 is 4.52 Å². The maximum atomic E-state index is 5.81. The smallest absolute Gasteiger partial charge is 0.231 e. The summed E-state index contributed by atoms with van der Waals surface area (Å²) in [5, 5.41) is 4.08. The number of hydrogen-bond acceptors (Lipinski definition) is 4. The molecular formula is C16H23N3O. The first-order valence-corrected chi connectivity index (χ1v) is 7.27. The zero-order chi connectivity index (χ0) is 14.5. The fourth-order valence-corrected chi connectivity index (χ4v) is 2.27. The monoisotopic (exact) mass is 273 g/mol. The molecule has 1 aromatic heterocycles. The highest BCUT2D eigenvalue weighted by Gasteiger charge is 2.19. The Balaban J connectivity index is 2.18.